The van der Waals surface area contributed by atoms with E-state index in [1.807, 2.05) is 34.2 Å². The Morgan fingerprint density at radius 1 is 1.13 bits per heavy atom. The van der Waals surface area contributed by atoms with Crippen LogP contribution in [0, 0.1) is 13.8 Å². The summed E-state index contributed by atoms with van der Waals surface area (Å²) in [6.07, 6.45) is 2.94. The summed E-state index contributed by atoms with van der Waals surface area (Å²) in [5, 5.41) is 5.55. The Morgan fingerprint density at radius 2 is 1.90 bits per heavy atom. The van der Waals surface area contributed by atoms with Crippen LogP contribution in [-0.4, -0.2) is 17.0 Å². The van der Waals surface area contributed by atoms with Crippen LogP contribution in [0.4, 0.5) is 5.69 Å². The van der Waals surface area contributed by atoms with Crippen LogP contribution in [0.15, 0.2) is 52.8 Å². The third kappa shape index (κ3) is 6.79. The summed E-state index contributed by atoms with van der Waals surface area (Å²) >= 11 is 7.54. The summed E-state index contributed by atoms with van der Waals surface area (Å²) in [6.45, 7) is 5.96. The number of aromatic nitrogens is 1. The molecule has 0 bridgehead atoms. The second-order valence-corrected chi connectivity index (χ2v) is 8.95. The Kier molecular flexibility index (Phi) is 8.46. The number of halogens is 1. The number of nitrogens with one attached hydrogen (secondary N) is 1. The number of carbonyl (C=O) groups is 1. The van der Waals surface area contributed by atoms with Crippen molar-refractivity contribution in [2.45, 2.75) is 46.2 Å². The van der Waals surface area contributed by atoms with E-state index < -0.39 is 0 Å². The van der Waals surface area contributed by atoms with Crippen LogP contribution in [-0.2, 0) is 13.1 Å². The molecule has 164 valence electrons. The van der Waals surface area contributed by atoms with E-state index in [1.165, 1.54) is 22.5 Å². The highest BCUT2D eigenvalue weighted by Gasteiger charge is 2.14. The molecule has 1 amide bonds. The first-order valence-corrected chi connectivity index (χ1v) is 11.8. The van der Waals surface area contributed by atoms with Crippen molar-refractivity contribution in [3.63, 3.8) is 0 Å². The maximum Gasteiger partial charge on any atom is 0.269 e. The quantitative estimate of drug-likeness (QED) is 0.439. The van der Waals surface area contributed by atoms with E-state index in [0.29, 0.717) is 23.8 Å². The molecule has 0 saturated heterocycles. The molecule has 1 aromatic heterocycles. The molecule has 5 nitrogen and oxygen atoms in total. The maximum absolute atomic E-state index is 13.0. The first-order valence-electron chi connectivity index (χ1n) is 10.5. The van der Waals surface area contributed by atoms with Gasteiger partial charge >= 0.3 is 0 Å². The summed E-state index contributed by atoms with van der Waals surface area (Å²) in [4.78, 5) is 18.6. The minimum absolute atomic E-state index is 0.114. The van der Waals surface area contributed by atoms with Gasteiger partial charge < -0.3 is 15.6 Å². The predicted molar refractivity (Wildman–Crippen MR) is 129 cm³/mol. The number of rotatable bonds is 9. The fraction of sp³-hybridized carbons (Fsp3) is 0.333. The fourth-order valence-electron chi connectivity index (χ4n) is 3.45. The van der Waals surface area contributed by atoms with Gasteiger partial charge in [-0.25, -0.2) is 4.99 Å². The first-order chi connectivity index (χ1) is 15.0. The Morgan fingerprint density at radius 3 is 2.61 bits per heavy atom. The van der Waals surface area contributed by atoms with E-state index in [-0.39, 0.29) is 5.91 Å². The predicted octanol–water partition coefficient (Wildman–Crippen LogP) is 5.11. The molecule has 7 heteroatoms. The molecule has 3 rings (SSSR count). The largest absolute Gasteiger partial charge is 0.347 e. The second kappa shape index (κ2) is 11.3. The Hall–Kier alpha value is -2.41. The number of amides is 1. The number of hydrogen-bond donors (Lipinski definition) is 2. The molecular formula is C24H29ClN4OS. The van der Waals surface area contributed by atoms with Gasteiger partial charge in [-0.3, -0.25) is 4.79 Å². The van der Waals surface area contributed by atoms with Crippen molar-refractivity contribution in [3.8, 4) is 0 Å². The zero-order chi connectivity index (χ0) is 22.2. The molecule has 31 heavy (non-hydrogen) atoms. The normalized spacial score (nSPS) is 11.7. The Balaban J connectivity index is 1.86. The number of hydrogen-bond acceptors (Lipinski definition) is 4. The SMILES string of the molecule is Cc1cc(C)cc(N=c2scc(C(=O)NCc3cccc(Cl)c3)n2CCCCCN)c1. The van der Waals surface area contributed by atoms with Gasteiger partial charge in [0, 0.05) is 23.5 Å². The maximum atomic E-state index is 13.0. The smallest absolute Gasteiger partial charge is 0.269 e. The highest BCUT2D eigenvalue weighted by Crippen LogP contribution is 2.17. The van der Waals surface area contributed by atoms with Crippen molar-refractivity contribution in [1.82, 2.24) is 9.88 Å². The van der Waals surface area contributed by atoms with Crippen LogP contribution >= 0.6 is 22.9 Å². The van der Waals surface area contributed by atoms with E-state index in [9.17, 15) is 4.79 Å². The van der Waals surface area contributed by atoms with Crippen molar-refractivity contribution >= 4 is 34.5 Å². The van der Waals surface area contributed by atoms with Gasteiger partial charge in [0.2, 0.25) is 0 Å². The van der Waals surface area contributed by atoms with Crippen LogP contribution in [0.25, 0.3) is 0 Å². The van der Waals surface area contributed by atoms with Crippen LogP contribution in [0.2, 0.25) is 5.02 Å². The molecule has 2 aromatic carbocycles. The van der Waals surface area contributed by atoms with Gasteiger partial charge in [-0.2, -0.15) is 0 Å². The zero-order valence-corrected chi connectivity index (χ0v) is 19.6. The molecule has 0 fully saturated rings. The summed E-state index contributed by atoms with van der Waals surface area (Å²) < 4.78 is 2.02. The molecular weight excluding hydrogens is 428 g/mol. The first kappa shape index (κ1) is 23.3. The lowest BCUT2D eigenvalue weighted by Gasteiger charge is -2.10. The van der Waals surface area contributed by atoms with Gasteiger partial charge in [-0.1, -0.05) is 36.2 Å². The van der Waals surface area contributed by atoms with Crippen LogP contribution in [0.3, 0.4) is 0 Å². The summed E-state index contributed by atoms with van der Waals surface area (Å²) in [5.41, 5.74) is 10.5. The average molecular weight is 457 g/mol. The highest BCUT2D eigenvalue weighted by atomic mass is 35.5. The number of nitrogens with zero attached hydrogens (tertiary/aromatic N) is 2. The number of aryl methyl sites for hydroxylation is 2. The number of carbonyl (C=O) groups excluding carboxylic acids is 1. The standard InChI is InChI=1S/C24H29ClN4OS/c1-17-11-18(2)13-21(12-17)28-24-29(10-5-3-4-9-26)22(16-31-24)23(30)27-15-19-7-6-8-20(25)14-19/h6-8,11-14,16H,3-5,9-10,15,26H2,1-2H3,(H,27,30). The van der Waals surface area contributed by atoms with Gasteiger partial charge in [0.1, 0.15) is 5.69 Å². The van der Waals surface area contributed by atoms with E-state index in [4.69, 9.17) is 22.3 Å². The Bertz CT molecular complexity index is 1080. The Labute approximate surface area is 192 Å². The molecule has 1 heterocycles. The number of benzene rings is 2. The van der Waals surface area contributed by atoms with E-state index in [0.717, 1.165) is 41.9 Å². The third-order valence-corrected chi connectivity index (χ3v) is 5.99. The van der Waals surface area contributed by atoms with Gasteiger partial charge in [-0.15, -0.1) is 11.3 Å². The van der Waals surface area contributed by atoms with Crippen molar-refractivity contribution in [1.29, 1.82) is 0 Å². The fourth-order valence-corrected chi connectivity index (χ4v) is 4.59. The lowest BCUT2D eigenvalue weighted by molar-refractivity contribution is 0.0941. The molecule has 0 aliphatic carbocycles. The van der Waals surface area contributed by atoms with Crippen molar-refractivity contribution in [2.75, 3.05) is 6.54 Å². The molecule has 0 aliphatic heterocycles. The molecule has 0 aliphatic rings. The van der Waals surface area contributed by atoms with Gasteiger partial charge in [0.05, 0.1) is 5.69 Å². The lowest BCUT2D eigenvalue weighted by atomic mass is 10.1. The molecule has 0 atom stereocenters. The monoisotopic (exact) mass is 456 g/mol. The summed E-state index contributed by atoms with van der Waals surface area (Å²) in [5.74, 6) is -0.114. The van der Waals surface area contributed by atoms with E-state index in [1.54, 1.807) is 0 Å². The zero-order valence-electron chi connectivity index (χ0n) is 18.0. The number of nitrogens with two attached hydrogens (primary N) is 1. The molecule has 0 spiro atoms. The molecule has 0 saturated carbocycles. The van der Waals surface area contributed by atoms with Crippen LogP contribution < -0.4 is 15.9 Å². The van der Waals surface area contributed by atoms with Gasteiger partial charge in [0.25, 0.3) is 5.91 Å². The van der Waals surface area contributed by atoms with Crippen molar-refractivity contribution in [3.05, 3.63) is 80.1 Å². The van der Waals surface area contributed by atoms with Crippen LogP contribution in [0.5, 0.6) is 0 Å². The minimum atomic E-state index is -0.114. The molecule has 3 N–H and O–H groups in total. The average Bonchev–Trinajstić information content (AvgIpc) is 3.11. The van der Waals surface area contributed by atoms with Gasteiger partial charge in [-0.05, 0) is 74.2 Å². The highest BCUT2D eigenvalue weighted by molar-refractivity contribution is 7.07. The van der Waals surface area contributed by atoms with Gasteiger partial charge in [0.15, 0.2) is 4.80 Å². The minimum Gasteiger partial charge on any atom is -0.347 e. The topological polar surface area (TPSA) is 72.4 Å². The summed E-state index contributed by atoms with van der Waals surface area (Å²) in [7, 11) is 0. The number of thiazole rings is 1. The summed E-state index contributed by atoms with van der Waals surface area (Å²) in [6, 6.07) is 13.8. The van der Waals surface area contributed by atoms with Crippen molar-refractivity contribution in [2.24, 2.45) is 10.7 Å². The van der Waals surface area contributed by atoms with E-state index >= 15 is 0 Å². The molecule has 0 radical (unpaired) electrons. The molecule has 0 unspecified atom stereocenters. The van der Waals surface area contributed by atoms with Crippen LogP contribution in [0.1, 0.15) is 46.4 Å². The van der Waals surface area contributed by atoms with Crippen molar-refractivity contribution < 1.29 is 4.79 Å². The lowest BCUT2D eigenvalue weighted by Crippen LogP contribution is -2.28. The third-order valence-electron chi connectivity index (χ3n) is 4.89. The number of unbranched alkanes of at least 4 members (excludes halogenated alkanes) is 2. The van der Waals surface area contributed by atoms with E-state index in [2.05, 4.69) is 37.4 Å². The second-order valence-electron chi connectivity index (χ2n) is 7.67. The molecule has 3 aromatic rings.